The molecule has 0 aromatic carbocycles. The maximum Gasteiger partial charge on any atom is 0.246 e. The van der Waals surface area contributed by atoms with E-state index in [1.165, 1.54) is 6.20 Å². The molecule has 0 N–H and O–H groups in total. The predicted octanol–water partition coefficient (Wildman–Crippen LogP) is 3.93. The summed E-state index contributed by atoms with van der Waals surface area (Å²) >= 11 is 1.57. The Morgan fingerprint density at radius 1 is 1.33 bits per heavy atom. The van der Waals surface area contributed by atoms with Crippen molar-refractivity contribution in [3.05, 3.63) is 41.7 Å². The van der Waals surface area contributed by atoms with E-state index >= 15 is 0 Å². The van der Waals surface area contributed by atoms with Crippen LogP contribution in [0, 0.1) is 0 Å². The van der Waals surface area contributed by atoms with E-state index in [-0.39, 0.29) is 10.9 Å². The molecule has 7 nitrogen and oxygen atoms in total. The molecule has 0 aliphatic carbocycles. The van der Waals surface area contributed by atoms with Crippen LogP contribution in [-0.2, 0) is 16.6 Å². The Hall–Kier alpha value is -1.97. The third-order valence-electron chi connectivity index (χ3n) is 4.88. The molecule has 4 rings (SSSR count). The maximum atomic E-state index is 13.3. The number of hydrogen-bond donors (Lipinski definition) is 0. The Kier molecular flexibility index (Phi) is 5.16. The molecule has 0 bridgehead atoms. The first-order chi connectivity index (χ1) is 13.1. The summed E-state index contributed by atoms with van der Waals surface area (Å²) in [6.45, 7) is 3.04. The van der Waals surface area contributed by atoms with Gasteiger partial charge in [0.1, 0.15) is 10.6 Å². The zero-order valence-electron chi connectivity index (χ0n) is 15.1. The van der Waals surface area contributed by atoms with Crippen molar-refractivity contribution >= 4 is 21.4 Å². The minimum atomic E-state index is -3.65. The van der Waals surface area contributed by atoms with Crippen LogP contribution in [0.3, 0.4) is 0 Å². The number of thiophene rings is 1. The smallest absolute Gasteiger partial charge is 0.246 e. The first kappa shape index (κ1) is 18.4. The second-order valence-electron chi connectivity index (χ2n) is 6.61. The lowest BCUT2D eigenvalue weighted by molar-refractivity contribution is 0.308. The van der Waals surface area contributed by atoms with Crippen molar-refractivity contribution in [2.24, 2.45) is 0 Å². The van der Waals surface area contributed by atoms with Gasteiger partial charge in [0.15, 0.2) is 5.76 Å². The second kappa shape index (κ2) is 7.57. The van der Waals surface area contributed by atoms with Crippen LogP contribution in [0.15, 0.2) is 45.4 Å². The highest BCUT2D eigenvalue weighted by Gasteiger charge is 2.36. The molecule has 4 heterocycles. The molecular formula is C18H22N4O3S2. The molecule has 1 atom stereocenters. The zero-order valence-corrected chi connectivity index (χ0v) is 16.7. The third kappa shape index (κ3) is 3.59. The van der Waals surface area contributed by atoms with Crippen LogP contribution in [-0.4, -0.2) is 34.2 Å². The molecule has 0 unspecified atom stereocenters. The van der Waals surface area contributed by atoms with Crippen LogP contribution >= 0.6 is 11.3 Å². The van der Waals surface area contributed by atoms with Gasteiger partial charge in [-0.15, -0.1) is 11.3 Å². The minimum absolute atomic E-state index is 0.234. The normalized spacial score (nSPS) is 19.2. The summed E-state index contributed by atoms with van der Waals surface area (Å²) in [6.07, 6.45) is 6.57. The van der Waals surface area contributed by atoms with Gasteiger partial charge in [-0.1, -0.05) is 24.1 Å². The van der Waals surface area contributed by atoms with Gasteiger partial charge in [-0.05, 0) is 31.2 Å². The molecule has 1 saturated heterocycles. The van der Waals surface area contributed by atoms with E-state index < -0.39 is 10.0 Å². The molecule has 1 fully saturated rings. The van der Waals surface area contributed by atoms with Crippen LogP contribution in [0.1, 0.15) is 44.3 Å². The van der Waals surface area contributed by atoms with Crippen molar-refractivity contribution < 1.29 is 12.9 Å². The molecular weight excluding hydrogens is 384 g/mol. The lowest BCUT2D eigenvalue weighted by Gasteiger charge is -2.27. The van der Waals surface area contributed by atoms with E-state index in [9.17, 15) is 8.42 Å². The monoisotopic (exact) mass is 406 g/mol. The molecule has 1 aliphatic heterocycles. The van der Waals surface area contributed by atoms with Crippen molar-refractivity contribution in [1.82, 2.24) is 19.2 Å². The van der Waals surface area contributed by atoms with Gasteiger partial charge < -0.3 is 4.52 Å². The largest absolute Gasteiger partial charge is 0.355 e. The van der Waals surface area contributed by atoms with E-state index in [1.807, 2.05) is 30.5 Å². The molecule has 0 radical (unpaired) electrons. The standard InChI is InChI=1S/C18H22N4O3S2/c1-2-21-13-14(12-19-21)27(23,24)22-9-5-3-4-7-16(22)15-11-17(25-20-15)18-8-6-10-26-18/h6,8,10-13,16H,2-5,7,9H2,1H3/t16-/m1/s1. The van der Waals surface area contributed by atoms with Crippen LogP contribution in [0.4, 0.5) is 0 Å². The van der Waals surface area contributed by atoms with Gasteiger partial charge in [0.25, 0.3) is 0 Å². The second-order valence-corrected chi connectivity index (χ2v) is 9.44. The number of sulfonamides is 1. The van der Waals surface area contributed by atoms with Crippen molar-refractivity contribution in [3.8, 4) is 10.6 Å². The zero-order chi connectivity index (χ0) is 18.9. The summed E-state index contributed by atoms with van der Waals surface area (Å²) in [4.78, 5) is 1.22. The highest BCUT2D eigenvalue weighted by molar-refractivity contribution is 7.89. The molecule has 27 heavy (non-hydrogen) atoms. The third-order valence-corrected chi connectivity index (χ3v) is 7.62. The van der Waals surface area contributed by atoms with Gasteiger partial charge in [-0.3, -0.25) is 4.68 Å². The summed E-state index contributed by atoms with van der Waals surface area (Å²) in [6, 6.07) is 5.48. The van der Waals surface area contributed by atoms with Gasteiger partial charge in [0.2, 0.25) is 10.0 Å². The van der Waals surface area contributed by atoms with Gasteiger partial charge >= 0.3 is 0 Å². The fourth-order valence-corrected chi connectivity index (χ4v) is 5.73. The number of rotatable bonds is 5. The molecule has 144 valence electrons. The van der Waals surface area contributed by atoms with E-state index in [0.29, 0.717) is 24.5 Å². The van der Waals surface area contributed by atoms with Crippen LogP contribution in [0.25, 0.3) is 10.6 Å². The topological polar surface area (TPSA) is 81.2 Å². The van der Waals surface area contributed by atoms with E-state index in [4.69, 9.17) is 4.52 Å². The van der Waals surface area contributed by atoms with Crippen LogP contribution < -0.4 is 0 Å². The van der Waals surface area contributed by atoms with Gasteiger partial charge in [0.05, 0.1) is 17.1 Å². The molecule has 3 aromatic rings. The summed E-state index contributed by atoms with van der Waals surface area (Å²) in [5.74, 6) is 0.681. The van der Waals surface area contributed by atoms with Crippen LogP contribution in [0.2, 0.25) is 0 Å². The molecule has 0 amide bonds. The van der Waals surface area contributed by atoms with Crippen molar-refractivity contribution in [1.29, 1.82) is 0 Å². The number of hydrogen-bond acceptors (Lipinski definition) is 6. The molecule has 1 aliphatic rings. The summed E-state index contributed by atoms with van der Waals surface area (Å²) < 4.78 is 35.3. The van der Waals surface area contributed by atoms with Gasteiger partial charge in [-0.2, -0.15) is 9.40 Å². The maximum absolute atomic E-state index is 13.3. The number of aromatic nitrogens is 3. The Labute approximate surface area is 162 Å². The molecule has 3 aromatic heterocycles. The fourth-order valence-electron chi connectivity index (χ4n) is 3.43. The number of aryl methyl sites for hydroxylation is 1. The van der Waals surface area contributed by atoms with Gasteiger partial charge in [-0.25, -0.2) is 8.42 Å². The Balaban J connectivity index is 1.69. The number of nitrogens with zero attached hydrogens (tertiary/aromatic N) is 4. The van der Waals surface area contributed by atoms with E-state index in [0.717, 1.165) is 30.6 Å². The lowest BCUT2D eigenvalue weighted by atomic mass is 10.1. The quantitative estimate of drug-likeness (QED) is 0.641. The first-order valence-electron chi connectivity index (χ1n) is 9.14. The molecule has 9 heteroatoms. The Bertz CT molecular complexity index is 992. The summed E-state index contributed by atoms with van der Waals surface area (Å²) in [5, 5.41) is 10.3. The van der Waals surface area contributed by atoms with Crippen molar-refractivity contribution in [2.75, 3.05) is 6.54 Å². The van der Waals surface area contributed by atoms with Gasteiger partial charge in [0, 0.05) is 25.4 Å². The summed E-state index contributed by atoms with van der Waals surface area (Å²) in [7, 11) is -3.65. The Morgan fingerprint density at radius 3 is 2.96 bits per heavy atom. The average Bonchev–Trinajstić information content (AvgIpc) is 3.40. The first-order valence-corrected chi connectivity index (χ1v) is 11.5. The van der Waals surface area contributed by atoms with E-state index in [1.54, 1.807) is 26.5 Å². The fraction of sp³-hybridized carbons (Fsp3) is 0.444. The predicted molar refractivity (Wildman–Crippen MR) is 103 cm³/mol. The minimum Gasteiger partial charge on any atom is -0.355 e. The van der Waals surface area contributed by atoms with Crippen LogP contribution in [0.5, 0.6) is 0 Å². The van der Waals surface area contributed by atoms with E-state index in [2.05, 4.69) is 10.3 Å². The lowest BCUT2D eigenvalue weighted by Crippen LogP contribution is -2.34. The van der Waals surface area contributed by atoms with Crippen molar-refractivity contribution in [2.45, 2.75) is 50.1 Å². The summed E-state index contributed by atoms with van der Waals surface area (Å²) in [5.41, 5.74) is 0.673. The molecule has 0 saturated carbocycles. The highest BCUT2D eigenvalue weighted by atomic mass is 32.2. The average molecular weight is 407 g/mol. The Morgan fingerprint density at radius 2 is 2.22 bits per heavy atom. The SMILES string of the molecule is CCn1cc(S(=O)(=O)N2CCCCC[C@@H]2c2cc(-c3cccs3)on2)cn1. The van der Waals surface area contributed by atoms with Crippen molar-refractivity contribution in [3.63, 3.8) is 0 Å². The highest BCUT2D eigenvalue weighted by Crippen LogP contribution is 2.36. The molecule has 0 spiro atoms.